The van der Waals surface area contributed by atoms with Crippen LogP contribution >= 0.6 is 0 Å². The maximum Gasteiger partial charge on any atom is 0.609 e. The highest BCUT2D eigenvalue weighted by Gasteiger charge is 2.48. The van der Waals surface area contributed by atoms with Crippen LogP contribution in [0.2, 0.25) is 0 Å². The van der Waals surface area contributed by atoms with E-state index in [0.29, 0.717) is 12.1 Å². The van der Waals surface area contributed by atoms with Crippen LogP contribution in [0, 0.1) is 0 Å². The first-order chi connectivity index (χ1) is 36.4. The Hall–Kier alpha value is 1.49. The van der Waals surface area contributed by atoms with Crippen LogP contribution in [0.25, 0.3) is 0 Å². The molecular weight excluding hydrogens is 1050 g/mol. The van der Waals surface area contributed by atoms with Gasteiger partial charge in [-0.3, -0.25) is 0 Å². The Labute approximate surface area is 527 Å². The topological polar surface area (TPSA) is 51.8 Å². The molecule has 0 aromatic carbocycles. The van der Waals surface area contributed by atoms with E-state index in [1.165, 1.54) is 19.4 Å². The highest BCUT2D eigenvalue weighted by Crippen LogP contribution is 2.27. The fourth-order valence-corrected chi connectivity index (χ4v) is 22.7. The van der Waals surface area contributed by atoms with Crippen LogP contribution < -0.4 is 0 Å². The fraction of sp³-hybridized carbons (Fsp3) is 1.00. The van der Waals surface area contributed by atoms with E-state index in [2.05, 4.69) is 331 Å². The smallest absolute Gasteiger partial charge is 0.360 e. The molecule has 16 nitrogen and oxygen atoms in total. The van der Waals surface area contributed by atoms with Gasteiger partial charge in [-0.1, -0.05) is 83.1 Å². The molecule has 0 rings (SSSR count). The SMILES string of the molecule is CC[N](C)[Al]([N](C)CC)[N](CC)CCN(C)C.CC[N](CCN(C)C)[Al]([N](C)C(C)(C)C)[N](C)C(C)(C)C.CC[N](CCN(C)C)[Al]([N](C)C(C)(C)CC)[N](C)C(C)(C)CC.CC[N](CCN(C)C)[Al]([N](C)C(C)C)[N](C)C(C)C.[HH]. The number of likely N-dealkylation sites (N-methyl/N-ethyl adjacent to an activating group) is 8. The summed E-state index contributed by atoms with van der Waals surface area (Å²) in [6, 6.07) is 1.21. The predicted octanol–water partition coefficient (Wildman–Crippen LogP) is 7.95. The molecule has 0 aliphatic carbocycles. The van der Waals surface area contributed by atoms with Gasteiger partial charge in [0.15, 0.2) is 0 Å². The largest absolute Gasteiger partial charge is 0.609 e. The Kier molecular flexibility index (Phi) is 48.4. The van der Waals surface area contributed by atoms with Crippen LogP contribution in [0.15, 0.2) is 0 Å². The normalized spacial score (nSPS) is 13.2. The molecule has 0 heterocycles. The number of nitrogens with zero attached hydrogens (tertiary/aromatic N) is 16. The summed E-state index contributed by atoms with van der Waals surface area (Å²) in [4.78, 5) is 9.12. The molecule has 0 unspecified atom stereocenters. The Balaban J connectivity index is -0.000000317. The van der Waals surface area contributed by atoms with E-state index in [-0.39, 0.29) is 23.6 Å². The molecule has 0 aromatic rings. The summed E-state index contributed by atoms with van der Waals surface area (Å²) in [7, 11) is 35.7. The molecule has 80 heavy (non-hydrogen) atoms. The molecule has 0 aliphatic rings. The molecule has 0 saturated carbocycles. The summed E-state index contributed by atoms with van der Waals surface area (Å²) in [5.41, 5.74) is 0.866. The first kappa shape index (κ1) is 87.9. The van der Waals surface area contributed by atoms with Crippen molar-refractivity contribution in [3.05, 3.63) is 0 Å². The third-order valence-electron chi connectivity index (χ3n) is 17.6. The molecule has 0 fully saturated rings. The monoisotopic (exact) mass is 1200 g/mol. The van der Waals surface area contributed by atoms with E-state index in [9.17, 15) is 0 Å². The van der Waals surface area contributed by atoms with Crippen molar-refractivity contribution in [3.8, 4) is 0 Å². The zero-order chi connectivity index (χ0) is 64.0. The lowest BCUT2D eigenvalue weighted by molar-refractivity contribution is 0.153. The summed E-state index contributed by atoms with van der Waals surface area (Å²) in [6.07, 6.45) is 2.36. The van der Waals surface area contributed by atoms with Crippen LogP contribution in [-0.4, -0.2) is 364 Å². The zero-order valence-corrected chi connectivity index (χ0v) is 66.6. The minimum atomic E-state index is -1.41. The molecule has 0 saturated heterocycles. The third kappa shape index (κ3) is 34.3. The number of hydrogen-bond acceptors (Lipinski definition) is 16. The molecule has 0 bridgehead atoms. The van der Waals surface area contributed by atoms with Gasteiger partial charge < -0.3 is 66.2 Å². The lowest BCUT2D eigenvalue weighted by atomic mass is 10.0. The summed E-state index contributed by atoms with van der Waals surface area (Å²) < 4.78 is 31.7. The van der Waals surface area contributed by atoms with Gasteiger partial charge in [0.1, 0.15) is 0 Å². The summed E-state index contributed by atoms with van der Waals surface area (Å²) >= 11 is -5.14. The third-order valence-corrected chi connectivity index (χ3v) is 33.3. The van der Waals surface area contributed by atoms with Crippen molar-refractivity contribution in [1.29, 1.82) is 0 Å². The van der Waals surface area contributed by atoms with E-state index >= 15 is 0 Å². The Morgan fingerprint density at radius 3 is 0.675 bits per heavy atom. The van der Waals surface area contributed by atoms with Gasteiger partial charge in [-0.25, -0.2) is 0 Å². The highest BCUT2D eigenvalue weighted by atomic mass is 27.2. The first-order valence-corrected chi connectivity index (χ1v) is 38.0. The molecule has 20 heteroatoms. The van der Waals surface area contributed by atoms with Gasteiger partial charge in [0.25, 0.3) is 0 Å². The Bertz CT molecular complexity index is 1410. The van der Waals surface area contributed by atoms with Crippen molar-refractivity contribution in [3.63, 3.8) is 0 Å². The van der Waals surface area contributed by atoms with Gasteiger partial charge in [-0.15, -0.1) is 0 Å². The number of rotatable bonds is 36. The molecule has 0 spiro atoms. The van der Waals surface area contributed by atoms with Crippen LogP contribution in [0.4, 0.5) is 0 Å². The zero-order valence-electron chi connectivity index (χ0n) is 61.9. The molecule has 482 valence electrons. The van der Waals surface area contributed by atoms with Crippen LogP contribution in [-0.2, 0) is 0 Å². The quantitative estimate of drug-likeness (QED) is 0.0571. The van der Waals surface area contributed by atoms with Crippen molar-refractivity contribution in [1.82, 2.24) is 66.2 Å². The maximum absolute atomic E-state index is 2.74. The Morgan fingerprint density at radius 2 is 0.500 bits per heavy atom. The minimum Gasteiger partial charge on any atom is -0.360 e. The van der Waals surface area contributed by atoms with Crippen LogP contribution in [0.5, 0.6) is 0 Å². The lowest BCUT2D eigenvalue weighted by Gasteiger charge is -2.50. The van der Waals surface area contributed by atoms with Gasteiger partial charge in [-0.2, -0.15) is 0 Å². The van der Waals surface area contributed by atoms with Crippen molar-refractivity contribution in [2.45, 2.75) is 199 Å². The van der Waals surface area contributed by atoms with Crippen LogP contribution in [0.1, 0.15) is 167 Å². The minimum absolute atomic E-state index is 0. The number of hydrogen-bond donors (Lipinski definition) is 0. The van der Waals surface area contributed by atoms with Crippen molar-refractivity contribution in [2.75, 3.05) is 204 Å². The maximum atomic E-state index is 2.74. The summed E-state index contributed by atoms with van der Waals surface area (Å²) in [6.45, 7) is 66.9. The molecule has 0 N–H and O–H groups in total. The van der Waals surface area contributed by atoms with E-state index in [1.807, 2.05) is 0 Å². The predicted molar refractivity (Wildman–Crippen MR) is 370 cm³/mol. The summed E-state index contributed by atoms with van der Waals surface area (Å²) in [5.74, 6) is 0. The standard InChI is InChI=1S/4C6H15N2.2C6H14N.2C5H12N.2C4H10N.2C3H8N.4Al.H2/c4*1-4-7-5-6-8(2)3;2*1-5-6(2,3)7-4;2*1-5(2,3)6-4;2*1-4(2)5-3;2*1-3-4-2;;;;;/h4*4-6H2,1-3H3;2*5H2,1-4H3;2*1-4H3;2*4H,1-3H3;2*3H2,1-2H3;;;;;1H/q12*-1;4*+3;. The summed E-state index contributed by atoms with van der Waals surface area (Å²) in [5, 5.41) is 0. The lowest BCUT2D eigenvalue weighted by Crippen LogP contribution is -2.69. The molecule has 0 atom stereocenters. The second-order valence-corrected chi connectivity index (χ2v) is 40.1. The average Bonchev–Trinajstić information content (AvgIpc) is 3.36. The van der Waals surface area contributed by atoms with Gasteiger partial charge in [0, 0.05) is 27.6 Å². The van der Waals surface area contributed by atoms with E-state index < -0.39 is 59.2 Å². The van der Waals surface area contributed by atoms with E-state index in [0.717, 1.165) is 85.1 Å². The molecule has 0 radical (unpaired) electrons. The fourth-order valence-electron chi connectivity index (χ4n) is 8.93. The van der Waals surface area contributed by atoms with Crippen molar-refractivity contribution in [2.24, 2.45) is 0 Å². The van der Waals surface area contributed by atoms with Gasteiger partial charge in [-0.05, 0) is 295 Å². The van der Waals surface area contributed by atoms with Crippen molar-refractivity contribution < 1.29 is 1.43 Å². The Morgan fingerprint density at radius 1 is 0.287 bits per heavy atom. The first-order valence-electron chi connectivity index (χ1n) is 31.8. The average molecular weight is 1200 g/mol. The molecule has 0 aliphatic heterocycles. The van der Waals surface area contributed by atoms with Gasteiger partial charge in [0.05, 0.1) is 0 Å². The molecule has 0 amide bonds. The second-order valence-electron chi connectivity index (χ2n) is 27.9. The van der Waals surface area contributed by atoms with E-state index in [4.69, 9.17) is 0 Å². The van der Waals surface area contributed by atoms with E-state index in [1.54, 1.807) is 0 Å². The van der Waals surface area contributed by atoms with Gasteiger partial charge >= 0.3 is 59.2 Å². The molecular formula is C60H150Al4N16. The molecule has 0 aromatic heterocycles. The van der Waals surface area contributed by atoms with Crippen molar-refractivity contribution >= 4 is 59.2 Å². The van der Waals surface area contributed by atoms with Crippen LogP contribution in [0.3, 0.4) is 0 Å². The second kappa shape index (κ2) is 44.0. The highest BCUT2D eigenvalue weighted by molar-refractivity contribution is 6.51. The van der Waals surface area contributed by atoms with Gasteiger partial charge in [0.2, 0.25) is 0 Å².